The Hall–Kier alpha value is -0.870. The van der Waals surface area contributed by atoms with Crippen LogP contribution in [-0.4, -0.2) is 33.2 Å². The Bertz CT molecular complexity index is 330. The smallest absolute Gasteiger partial charge is 0.0632 e. The highest BCUT2D eigenvalue weighted by atomic mass is 16.3. The van der Waals surface area contributed by atoms with Gasteiger partial charge < -0.3 is 10.2 Å². The van der Waals surface area contributed by atoms with Crippen LogP contribution >= 0.6 is 0 Å². The lowest BCUT2D eigenvalue weighted by Crippen LogP contribution is -2.32. The number of nitrogens with zero attached hydrogens (tertiary/aromatic N) is 2. The lowest BCUT2D eigenvalue weighted by molar-refractivity contribution is 0.0457. The van der Waals surface area contributed by atoms with Gasteiger partial charge in [-0.2, -0.15) is 5.10 Å². The van der Waals surface area contributed by atoms with Crippen molar-refractivity contribution in [2.45, 2.75) is 46.1 Å². The Labute approximate surface area is 103 Å². The number of aliphatic hydroxyl groups excluding tert-OH is 2. The molecule has 1 aromatic heterocycles. The van der Waals surface area contributed by atoms with Gasteiger partial charge >= 0.3 is 0 Å². The lowest BCUT2D eigenvalue weighted by atomic mass is 9.81. The van der Waals surface area contributed by atoms with Crippen LogP contribution in [0.15, 0.2) is 12.3 Å². The van der Waals surface area contributed by atoms with E-state index in [9.17, 15) is 10.2 Å². The first kappa shape index (κ1) is 14.2. The topological polar surface area (TPSA) is 58.3 Å². The molecule has 0 atom stereocenters. The summed E-state index contributed by atoms with van der Waals surface area (Å²) in [6.45, 7) is 6.23. The molecule has 2 N–H and O–H groups in total. The van der Waals surface area contributed by atoms with E-state index in [0.29, 0.717) is 12.5 Å². The molecule has 0 radical (unpaired) electrons. The first-order valence-electron chi connectivity index (χ1n) is 6.32. The van der Waals surface area contributed by atoms with Crippen LogP contribution in [0.4, 0.5) is 0 Å². The Morgan fingerprint density at radius 3 is 2.41 bits per heavy atom. The van der Waals surface area contributed by atoms with E-state index in [1.165, 1.54) is 0 Å². The maximum atomic E-state index is 9.49. The van der Waals surface area contributed by atoms with Gasteiger partial charge in [0.1, 0.15) is 0 Å². The molecule has 0 aromatic carbocycles. The second-order valence-electron chi connectivity index (χ2n) is 5.12. The van der Waals surface area contributed by atoms with Crippen molar-refractivity contribution in [2.24, 2.45) is 5.41 Å². The van der Waals surface area contributed by atoms with E-state index in [0.717, 1.165) is 18.5 Å². The summed E-state index contributed by atoms with van der Waals surface area (Å²) in [6.07, 6.45) is 4.35. The van der Waals surface area contributed by atoms with Gasteiger partial charge in [-0.1, -0.05) is 13.3 Å². The zero-order valence-electron chi connectivity index (χ0n) is 11.1. The molecule has 0 fully saturated rings. The molecule has 0 bridgehead atoms. The van der Waals surface area contributed by atoms with Crippen molar-refractivity contribution in [2.75, 3.05) is 13.2 Å². The van der Waals surface area contributed by atoms with Gasteiger partial charge in [0.2, 0.25) is 0 Å². The Balaban J connectivity index is 2.78. The van der Waals surface area contributed by atoms with Crippen LogP contribution in [0.5, 0.6) is 0 Å². The van der Waals surface area contributed by atoms with Crippen molar-refractivity contribution in [3.63, 3.8) is 0 Å². The summed E-state index contributed by atoms with van der Waals surface area (Å²) in [6, 6.07) is 2.31. The fourth-order valence-corrected chi connectivity index (χ4v) is 2.08. The second-order valence-corrected chi connectivity index (χ2v) is 5.12. The van der Waals surface area contributed by atoms with Gasteiger partial charge in [-0.3, -0.25) is 4.68 Å². The van der Waals surface area contributed by atoms with E-state index in [1.807, 2.05) is 16.9 Å². The van der Waals surface area contributed by atoms with Crippen LogP contribution in [0.25, 0.3) is 0 Å². The van der Waals surface area contributed by atoms with Crippen molar-refractivity contribution >= 4 is 0 Å². The fourth-order valence-electron chi connectivity index (χ4n) is 2.08. The summed E-state index contributed by atoms with van der Waals surface area (Å²) in [5.41, 5.74) is 0.514. The summed E-state index contributed by atoms with van der Waals surface area (Å²) < 4.78 is 1.90. The molecule has 0 saturated carbocycles. The summed E-state index contributed by atoms with van der Waals surface area (Å²) >= 11 is 0. The van der Waals surface area contributed by atoms with E-state index >= 15 is 0 Å². The predicted molar refractivity (Wildman–Crippen MR) is 67.8 cm³/mol. The molecule has 17 heavy (non-hydrogen) atoms. The minimum absolute atomic E-state index is 0.00583. The summed E-state index contributed by atoms with van der Waals surface area (Å²) in [5.74, 6) is 0. The second kappa shape index (κ2) is 6.17. The summed E-state index contributed by atoms with van der Waals surface area (Å²) in [5, 5.41) is 23.4. The minimum Gasteiger partial charge on any atom is -0.396 e. The average Bonchev–Trinajstić information content (AvgIpc) is 2.77. The lowest BCUT2D eigenvalue weighted by Gasteiger charge is -2.28. The molecule has 1 rings (SSSR count). The van der Waals surface area contributed by atoms with Crippen LogP contribution in [0.2, 0.25) is 0 Å². The molecule has 0 unspecified atom stereocenters. The maximum Gasteiger partial charge on any atom is 0.0632 e. The molecule has 1 heterocycles. The van der Waals surface area contributed by atoms with Crippen molar-refractivity contribution < 1.29 is 10.2 Å². The molecule has 0 aliphatic rings. The van der Waals surface area contributed by atoms with Gasteiger partial charge in [-0.05, 0) is 26.3 Å². The third-order valence-corrected chi connectivity index (χ3v) is 3.20. The Morgan fingerprint density at radius 2 is 2.00 bits per heavy atom. The SMILES string of the molecule is CCCC(CO)(CO)Cc1ccn(C(C)C)n1. The zero-order chi connectivity index (χ0) is 12.9. The largest absolute Gasteiger partial charge is 0.396 e. The normalized spacial score (nSPS) is 12.4. The molecule has 98 valence electrons. The average molecular weight is 240 g/mol. The van der Waals surface area contributed by atoms with Crippen LogP contribution in [0.1, 0.15) is 45.3 Å². The molecule has 0 spiro atoms. The molecule has 4 heteroatoms. The zero-order valence-corrected chi connectivity index (χ0v) is 11.1. The summed E-state index contributed by atoms with van der Waals surface area (Å²) in [7, 11) is 0. The van der Waals surface area contributed by atoms with E-state index in [1.54, 1.807) is 0 Å². The van der Waals surface area contributed by atoms with E-state index in [4.69, 9.17) is 0 Å². The van der Waals surface area contributed by atoms with E-state index in [-0.39, 0.29) is 13.2 Å². The Kier molecular flexibility index (Phi) is 5.15. The number of aromatic nitrogens is 2. The highest BCUT2D eigenvalue weighted by molar-refractivity contribution is 5.04. The van der Waals surface area contributed by atoms with Crippen molar-refractivity contribution in [1.29, 1.82) is 0 Å². The van der Waals surface area contributed by atoms with Crippen LogP contribution in [0, 0.1) is 5.41 Å². The van der Waals surface area contributed by atoms with Crippen molar-refractivity contribution in [3.05, 3.63) is 18.0 Å². The third kappa shape index (κ3) is 3.54. The molecular weight excluding hydrogens is 216 g/mol. The molecule has 0 aliphatic heterocycles. The quantitative estimate of drug-likeness (QED) is 0.763. The molecule has 0 aliphatic carbocycles. The standard InChI is InChI=1S/C13H24N2O2/c1-4-6-13(9-16,10-17)8-12-5-7-15(14-12)11(2)3/h5,7,11,16-17H,4,6,8-10H2,1-3H3. The highest BCUT2D eigenvalue weighted by Gasteiger charge is 2.29. The van der Waals surface area contributed by atoms with Gasteiger partial charge in [0.15, 0.2) is 0 Å². The summed E-state index contributed by atoms with van der Waals surface area (Å²) in [4.78, 5) is 0. The fraction of sp³-hybridized carbons (Fsp3) is 0.769. The van der Waals surface area contributed by atoms with Crippen molar-refractivity contribution in [3.8, 4) is 0 Å². The number of aliphatic hydroxyl groups is 2. The van der Waals surface area contributed by atoms with Crippen LogP contribution in [-0.2, 0) is 6.42 Å². The van der Waals surface area contributed by atoms with Crippen LogP contribution in [0.3, 0.4) is 0 Å². The van der Waals surface area contributed by atoms with E-state index in [2.05, 4.69) is 25.9 Å². The van der Waals surface area contributed by atoms with Gasteiger partial charge in [0.05, 0.1) is 18.9 Å². The van der Waals surface area contributed by atoms with Gasteiger partial charge in [0.25, 0.3) is 0 Å². The van der Waals surface area contributed by atoms with Gasteiger partial charge in [-0.25, -0.2) is 0 Å². The molecule has 4 nitrogen and oxygen atoms in total. The van der Waals surface area contributed by atoms with Crippen LogP contribution < -0.4 is 0 Å². The Morgan fingerprint density at radius 1 is 1.35 bits per heavy atom. The molecule has 0 saturated heterocycles. The highest BCUT2D eigenvalue weighted by Crippen LogP contribution is 2.27. The third-order valence-electron chi connectivity index (χ3n) is 3.20. The first-order chi connectivity index (χ1) is 8.06. The number of rotatable bonds is 7. The maximum absolute atomic E-state index is 9.49. The van der Waals surface area contributed by atoms with Gasteiger partial charge in [0, 0.05) is 24.1 Å². The molecule has 0 amide bonds. The number of hydrogen-bond donors (Lipinski definition) is 2. The molecular formula is C13H24N2O2. The first-order valence-corrected chi connectivity index (χ1v) is 6.32. The van der Waals surface area contributed by atoms with Gasteiger partial charge in [-0.15, -0.1) is 0 Å². The predicted octanol–water partition coefficient (Wildman–Crippen LogP) is 1.78. The molecule has 1 aromatic rings. The van der Waals surface area contributed by atoms with Crippen molar-refractivity contribution in [1.82, 2.24) is 9.78 Å². The monoisotopic (exact) mass is 240 g/mol. The van der Waals surface area contributed by atoms with E-state index < -0.39 is 5.41 Å². The number of hydrogen-bond acceptors (Lipinski definition) is 3. The minimum atomic E-state index is -0.426.